The van der Waals surface area contributed by atoms with Crippen LogP contribution in [-0.4, -0.2) is 29.6 Å². The fourth-order valence-electron chi connectivity index (χ4n) is 3.80. The van der Waals surface area contributed by atoms with Crippen LogP contribution in [-0.2, 0) is 5.60 Å². The Morgan fingerprint density at radius 1 is 1.16 bits per heavy atom. The van der Waals surface area contributed by atoms with Crippen LogP contribution in [0.1, 0.15) is 43.2 Å². The maximum atomic E-state index is 11.1. The second-order valence-electron chi connectivity index (χ2n) is 6.39. The number of hydrogen-bond acceptors (Lipinski definition) is 2. The highest BCUT2D eigenvalue weighted by molar-refractivity contribution is 5.28. The van der Waals surface area contributed by atoms with Gasteiger partial charge < -0.3 is 10.0 Å². The van der Waals surface area contributed by atoms with Gasteiger partial charge >= 0.3 is 0 Å². The minimum absolute atomic E-state index is 0.410. The van der Waals surface area contributed by atoms with Gasteiger partial charge in [-0.05, 0) is 57.7 Å². The van der Waals surface area contributed by atoms with Gasteiger partial charge in [0.1, 0.15) is 0 Å². The lowest BCUT2D eigenvalue weighted by Crippen LogP contribution is -2.38. The van der Waals surface area contributed by atoms with Crippen molar-refractivity contribution >= 4 is 0 Å². The average molecular weight is 259 g/mol. The van der Waals surface area contributed by atoms with Crippen LogP contribution in [0.25, 0.3) is 0 Å². The van der Waals surface area contributed by atoms with E-state index in [2.05, 4.69) is 36.1 Å². The molecule has 1 N–H and O–H groups in total. The summed E-state index contributed by atoms with van der Waals surface area (Å²) in [6.45, 7) is 5.62. The van der Waals surface area contributed by atoms with Gasteiger partial charge in [0, 0.05) is 12.5 Å². The quantitative estimate of drug-likeness (QED) is 0.901. The topological polar surface area (TPSA) is 23.5 Å². The van der Waals surface area contributed by atoms with Crippen LogP contribution in [0.5, 0.6) is 0 Å². The first-order chi connectivity index (χ1) is 9.18. The van der Waals surface area contributed by atoms with Crippen LogP contribution in [0.15, 0.2) is 24.3 Å². The van der Waals surface area contributed by atoms with Crippen molar-refractivity contribution in [3.05, 3.63) is 35.4 Å². The van der Waals surface area contributed by atoms with Gasteiger partial charge in [0.25, 0.3) is 0 Å². The van der Waals surface area contributed by atoms with Gasteiger partial charge in [-0.1, -0.05) is 29.8 Å². The molecule has 1 aliphatic heterocycles. The van der Waals surface area contributed by atoms with Gasteiger partial charge in [0.05, 0.1) is 5.60 Å². The van der Waals surface area contributed by atoms with E-state index in [-0.39, 0.29) is 0 Å². The molecule has 19 heavy (non-hydrogen) atoms. The Balaban J connectivity index is 1.78. The number of benzene rings is 1. The fourth-order valence-corrected chi connectivity index (χ4v) is 3.80. The van der Waals surface area contributed by atoms with Gasteiger partial charge in [0.15, 0.2) is 0 Å². The van der Waals surface area contributed by atoms with Crippen molar-refractivity contribution in [1.82, 2.24) is 4.90 Å². The number of likely N-dealkylation sites (tertiary alicyclic amines) is 1. The van der Waals surface area contributed by atoms with Crippen molar-refractivity contribution in [2.75, 3.05) is 19.6 Å². The number of rotatable bonds is 3. The second-order valence-corrected chi connectivity index (χ2v) is 6.39. The largest absolute Gasteiger partial charge is 0.385 e. The monoisotopic (exact) mass is 259 g/mol. The summed E-state index contributed by atoms with van der Waals surface area (Å²) >= 11 is 0. The lowest BCUT2D eigenvalue weighted by molar-refractivity contribution is -0.0135. The molecule has 1 aliphatic carbocycles. The summed E-state index contributed by atoms with van der Waals surface area (Å²) in [5, 5.41) is 11.1. The summed E-state index contributed by atoms with van der Waals surface area (Å²) in [7, 11) is 0. The van der Waals surface area contributed by atoms with E-state index >= 15 is 0 Å². The molecule has 1 saturated heterocycles. The molecule has 2 atom stereocenters. The number of aryl methyl sites for hydroxylation is 1. The molecule has 3 rings (SSSR count). The average Bonchev–Trinajstić information content (AvgIpc) is 3.03. The van der Waals surface area contributed by atoms with Crippen molar-refractivity contribution in [3.8, 4) is 0 Å². The maximum Gasteiger partial charge on any atom is 0.0936 e. The summed E-state index contributed by atoms with van der Waals surface area (Å²) in [6.07, 6.45) is 5.91. The van der Waals surface area contributed by atoms with E-state index in [0.29, 0.717) is 5.92 Å². The van der Waals surface area contributed by atoms with Crippen LogP contribution in [0.3, 0.4) is 0 Å². The SMILES string of the molecule is Cc1ccc(C2(O)CCCC2CN2CCCC2)cc1. The molecule has 0 bridgehead atoms. The van der Waals surface area contributed by atoms with E-state index in [9.17, 15) is 5.11 Å². The number of aliphatic hydroxyl groups is 1. The molecule has 1 aromatic rings. The van der Waals surface area contributed by atoms with Crippen molar-refractivity contribution in [3.63, 3.8) is 0 Å². The zero-order chi connectivity index (χ0) is 13.3. The molecule has 1 saturated carbocycles. The molecule has 1 heterocycles. The van der Waals surface area contributed by atoms with Crippen LogP contribution in [0.2, 0.25) is 0 Å². The van der Waals surface area contributed by atoms with E-state index in [4.69, 9.17) is 0 Å². The molecule has 0 radical (unpaired) electrons. The Labute approximate surface area is 116 Å². The normalized spacial score (nSPS) is 32.0. The smallest absolute Gasteiger partial charge is 0.0936 e. The molecule has 2 heteroatoms. The Kier molecular flexibility index (Phi) is 3.64. The molecule has 2 unspecified atom stereocenters. The molecule has 2 nitrogen and oxygen atoms in total. The fraction of sp³-hybridized carbons (Fsp3) is 0.647. The third kappa shape index (κ3) is 2.56. The van der Waals surface area contributed by atoms with E-state index in [1.54, 1.807) is 0 Å². The van der Waals surface area contributed by atoms with Crippen molar-refractivity contribution < 1.29 is 5.11 Å². The van der Waals surface area contributed by atoms with Gasteiger partial charge in [-0.25, -0.2) is 0 Å². The molecular weight excluding hydrogens is 234 g/mol. The lowest BCUT2D eigenvalue weighted by Gasteiger charge is -2.33. The number of nitrogens with zero attached hydrogens (tertiary/aromatic N) is 1. The third-order valence-corrected chi connectivity index (χ3v) is 5.01. The first-order valence-electron chi connectivity index (χ1n) is 7.70. The van der Waals surface area contributed by atoms with Crippen molar-refractivity contribution in [2.45, 2.75) is 44.6 Å². The second kappa shape index (κ2) is 5.26. The summed E-state index contributed by atoms with van der Waals surface area (Å²) in [5.74, 6) is 0.410. The molecule has 0 aromatic heterocycles. The first kappa shape index (κ1) is 13.1. The highest BCUT2D eigenvalue weighted by Gasteiger charge is 2.43. The molecule has 1 aromatic carbocycles. The highest BCUT2D eigenvalue weighted by Crippen LogP contribution is 2.44. The van der Waals surface area contributed by atoms with Gasteiger partial charge in [-0.2, -0.15) is 0 Å². The summed E-state index contributed by atoms with van der Waals surface area (Å²) in [5.41, 5.74) is 1.80. The van der Waals surface area contributed by atoms with E-state index in [0.717, 1.165) is 24.9 Å². The predicted octanol–water partition coefficient (Wildman–Crippen LogP) is 3.08. The molecule has 2 aliphatic rings. The Morgan fingerprint density at radius 2 is 1.84 bits per heavy atom. The zero-order valence-corrected chi connectivity index (χ0v) is 11.9. The van der Waals surface area contributed by atoms with E-state index in [1.807, 2.05) is 0 Å². The zero-order valence-electron chi connectivity index (χ0n) is 11.9. The van der Waals surface area contributed by atoms with E-state index < -0.39 is 5.60 Å². The number of hydrogen-bond donors (Lipinski definition) is 1. The minimum Gasteiger partial charge on any atom is -0.385 e. The summed E-state index contributed by atoms with van der Waals surface area (Å²) in [6, 6.07) is 8.49. The van der Waals surface area contributed by atoms with Gasteiger partial charge in [-0.3, -0.25) is 0 Å². The van der Waals surface area contributed by atoms with Crippen LogP contribution < -0.4 is 0 Å². The maximum absolute atomic E-state index is 11.1. The molecule has 104 valence electrons. The standard InChI is InChI=1S/C17H25NO/c1-14-6-8-15(9-7-14)17(19)10-4-5-16(17)13-18-11-2-3-12-18/h6-9,16,19H,2-5,10-13H2,1H3. The first-order valence-corrected chi connectivity index (χ1v) is 7.70. The van der Waals surface area contributed by atoms with Gasteiger partial charge in [-0.15, -0.1) is 0 Å². The van der Waals surface area contributed by atoms with Crippen LogP contribution in [0.4, 0.5) is 0 Å². The minimum atomic E-state index is -0.587. The molecule has 0 amide bonds. The Hall–Kier alpha value is -0.860. The lowest BCUT2D eigenvalue weighted by atomic mass is 9.83. The molecule has 0 spiro atoms. The van der Waals surface area contributed by atoms with Gasteiger partial charge in [0.2, 0.25) is 0 Å². The highest BCUT2D eigenvalue weighted by atomic mass is 16.3. The summed E-state index contributed by atoms with van der Waals surface area (Å²) < 4.78 is 0. The van der Waals surface area contributed by atoms with Crippen molar-refractivity contribution in [1.29, 1.82) is 0 Å². The molecule has 2 fully saturated rings. The Morgan fingerprint density at radius 3 is 2.53 bits per heavy atom. The van der Waals surface area contributed by atoms with Crippen LogP contribution >= 0.6 is 0 Å². The summed E-state index contributed by atoms with van der Waals surface area (Å²) in [4.78, 5) is 2.54. The third-order valence-electron chi connectivity index (χ3n) is 5.01. The predicted molar refractivity (Wildman–Crippen MR) is 78.1 cm³/mol. The van der Waals surface area contributed by atoms with Crippen LogP contribution in [0, 0.1) is 12.8 Å². The van der Waals surface area contributed by atoms with E-state index in [1.165, 1.54) is 37.9 Å². The molecular formula is C17H25NO. The van der Waals surface area contributed by atoms with Crippen molar-refractivity contribution in [2.24, 2.45) is 5.92 Å². The Bertz CT molecular complexity index is 421.